The summed E-state index contributed by atoms with van der Waals surface area (Å²) >= 11 is 0.873. The number of rotatable bonds is 29. The molecule has 15 atom stereocenters. The zero-order valence-corrected chi connectivity index (χ0v) is 77.0. The predicted molar refractivity (Wildman–Crippen MR) is 493 cm³/mol. The van der Waals surface area contributed by atoms with Gasteiger partial charge in [-0.2, -0.15) is 0 Å². The van der Waals surface area contributed by atoms with Crippen molar-refractivity contribution in [1.82, 2.24) is 77.0 Å². The van der Waals surface area contributed by atoms with E-state index in [1.54, 1.807) is 54.9 Å². The largest absolute Gasteiger partial charge is 0.497 e. The Balaban J connectivity index is 1.18. The number of para-hydroxylation sites is 2. The topological polar surface area (TPSA) is 603 Å². The lowest BCUT2D eigenvalue weighted by atomic mass is 9.91. The second kappa shape index (κ2) is 52.0. The average Bonchev–Trinajstić information content (AvgIpc) is 1.72. The lowest BCUT2D eigenvalue weighted by Crippen LogP contribution is -2.61. The summed E-state index contributed by atoms with van der Waals surface area (Å²) in [6, 6.07) is 2.94. The van der Waals surface area contributed by atoms with Crippen LogP contribution in [0.3, 0.4) is 0 Å². The maximum absolute atomic E-state index is 15.8. The smallest absolute Gasteiger partial charge is 0.245 e. The number of methoxy groups -OCH3 is 1. The van der Waals surface area contributed by atoms with Gasteiger partial charge in [0.25, 0.3) is 0 Å². The van der Waals surface area contributed by atoms with Gasteiger partial charge < -0.3 is 121 Å². The van der Waals surface area contributed by atoms with Gasteiger partial charge in [0.1, 0.15) is 72.2 Å². The third-order valence-corrected chi connectivity index (χ3v) is 25.7. The molecule has 3 aromatic carbocycles. The molecular weight excluding hydrogens is 1710 g/mol. The number of carbonyl (C=O) groups is 16. The van der Waals surface area contributed by atoms with Crippen LogP contribution < -0.4 is 81.7 Å². The number of carbonyl (C=O) groups excluding carboxylic acids is 16. The second-order valence-corrected chi connectivity index (χ2v) is 35.1. The standard InChI is InChI=1S/C91H135N21O18S/c1-8-10-26-72-84(122)101-64(25-18-38-93)82(120)107-71(76(114)33-34-78(97)116)51-131-52-79(117)100-68(42-54-29-31-59(130-7)32-30-54)87(125)108(4)53(3)80(118)102-66(36-40-95)89(127)111-41-19-28-73(111)85(123)106-70(47-96)83(121)103-65(24-16-17-37-92)90(128)112-50-58(113)46-75(112)86(124)104-67(43-56-48-98-62-22-14-12-20-60(56)62)77(115)45-55(35-39-94)81(119)105-69(44-57-49-99-63-23-15-13-21-61(57)63)88(126)110(6)74(27-11-9-2)91(129)109(72)5/h12-15,20-23,29-32,48-49,53,55,58,64-75,98-99,113H,8-11,16-19,24-28,33-47,50-52,92-96H2,1-7H3,(H2,97,116)(H,100,117)(H,101,122)(H,102,118)(H,103,121)(H,104,124)(H,105,119)(H,106,123)(H,107,120)/t53-,55+,58+,64-,65-,66-,67-,68-,69-,70-,71-,72-,73-,74-,75-/m0/s1. The molecule has 5 heterocycles. The van der Waals surface area contributed by atoms with Crippen LogP contribution in [0.5, 0.6) is 5.75 Å². The highest BCUT2D eigenvalue weighted by Crippen LogP contribution is 2.29. The quantitative estimate of drug-likeness (QED) is 0.0257. The number of ether oxygens (including phenoxy) is 1. The molecule has 23 N–H and O–H groups in total. The molecule has 0 spiro atoms. The van der Waals surface area contributed by atoms with E-state index in [1.165, 1.54) is 49.9 Å². The zero-order chi connectivity index (χ0) is 95.7. The van der Waals surface area contributed by atoms with Crippen LogP contribution in [-0.4, -0.2) is 304 Å². The first-order chi connectivity index (χ1) is 62.7. The maximum atomic E-state index is 15.8. The normalized spacial score (nSPS) is 25.3. The van der Waals surface area contributed by atoms with Crippen LogP contribution >= 0.6 is 11.8 Å². The summed E-state index contributed by atoms with van der Waals surface area (Å²) < 4.78 is 5.36. The van der Waals surface area contributed by atoms with Crippen LogP contribution in [0, 0.1) is 5.92 Å². The SMILES string of the molecule is CCCC[C@H]1C(=O)N(C)[C@@H](CCCC)C(=O)N[C@@H](CCCN)C(=O)N[C@H](C(=O)CCC(N)=O)CSCC(=O)N[C@@H](Cc2ccc(OC)cc2)C(=O)N(C)[C@@H](C)C(=O)N[C@@H](CCN)C(=O)N2CCC[C@H]2C(=O)N[C@@H](CN)C(=O)N[C@@H](CCCCN)C(=O)N2C[C@H](O)C[C@H]2C(=O)N[C@@H](Cc2c[nH]c3ccccc23)C(=O)C[C@@H](CCN)C(=O)N[C@@H](Cc2c[nH]c3ccccc23)C(=O)N1C. The van der Waals surface area contributed by atoms with E-state index in [2.05, 4.69) is 52.5 Å². The van der Waals surface area contributed by atoms with Crippen molar-refractivity contribution in [1.29, 1.82) is 0 Å². The van der Waals surface area contributed by atoms with Crippen molar-refractivity contribution in [3.63, 3.8) is 0 Å². The number of hydrogen-bond donors (Lipinski definition) is 17. The van der Waals surface area contributed by atoms with E-state index in [4.69, 9.17) is 39.1 Å². The minimum absolute atomic E-state index is 0.0121. The molecule has 0 unspecified atom stereocenters. The van der Waals surface area contributed by atoms with Gasteiger partial charge in [-0.25, -0.2) is 0 Å². The van der Waals surface area contributed by atoms with E-state index in [9.17, 15) is 48.3 Å². The minimum Gasteiger partial charge on any atom is -0.497 e. The van der Waals surface area contributed by atoms with Gasteiger partial charge in [-0.05, 0) is 145 Å². The number of likely N-dealkylation sites (N-methyl/N-ethyl adjacent to an activating group) is 3. The summed E-state index contributed by atoms with van der Waals surface area (Å²) in [7, 11) is 5.60. The fourth-order valence-corrected chi connectivity index (χ4v) is 17.7. The Morgan fingerprint density at radius 3 is 1.64 bits per heavy atom. The number of thioether (sulfide) groups is 1. The van der Waals surface area contributed by atoms with Gasteiger partial charge in [-0.15, -0.1) is 11.8 Å². The van der Waals surface area contributed by atoms with Gasteiger partial charge in [-0.3, -0.25) is 76.7 Å². The van der Waals surface area contributed by atoms with Crippen molar-refractivity contribution in [2.24, 2.45) is 40.3 Å². The Kier molecular flexibility index (Phi) is 41.6. The Bertz CT molecular complexity index is 4760. The Labute approximate surface area is 767 Å². The number of aromatic amines is 2. The minimum atomic E-state index is -1.54. The van der Waals surface area contributed by atoms with Crippen LogP contribution in [-0.2, 0) is 96.0 Å². The number of amides is 14. The highest BCUT2D eigenvalue weighted by Gasteiger charge is 2.46. The van der Waals surface area contributed by atoms with Gasteiger partial charge in [0.2, 0.25) is 82.7 Å². The third kappa shape index (κ3) is 29.3. The highest BCUT2D eigenvalue weighted by molar-refractivity contribution is 8.00. The number of aliphatic hydroxyl groups is 1. The Hall–Kier alpha value is -11.4. The number of hydrogen-bond acceptors (Lipinski definition) is 24. The lowest BCUT2D eigenvalue weighted by molar-refractivity contribution is -0.149. The lowest BCUT2D eigenvalue weighted by Gasteiger charge is -2.36. The van der Waals surface area contributed by atoms with Crippen LogP contribution in [0.4, 0.5) is 0 Å². The molecule has 3 fully saturated rings. The Morgan fingerprint density at radius 1 is 0.496 bits per heavy atom. The maximum Gasteiger partial charge on any atom is 0.245 e. The van der Waals surface area contributed by atoms with Gasteiger partial charge in [0.05, 0.1) is 31.1 Å². The molecule has 718 valence electrons. The number of benzene rings is 3. The van der Waals surface area contributed by atoms with E-state index in [-0.39, 0.29) is 122 Å². The predicted octanol–water partition coefficient (Wildman–Crippen LogP) is -0.921. The van der Waals surface area contributed by atoms with Crippen molar-refractivity contribution in [3.05, 3.63) is 102 Å². The highest BCUT2D eigenvalue weighted by atomic mass is 32.2. The van der Waals surface area contributed by atoms with Crippen LogP contribution in [0.2, 0.25) is 0 Å². The number of primary amides is 1. The van der Waals surface area contributed by atoms with Crippen LogP contribution in [0.25, 0.3) is 21.8 Å². The number of nitrogens with zero attached hydrogens (tertiary/aromatic N) is 5. The molecule has 3 aliphatic heterocycles. The van der Waals surface area contributed by atoms with Crippen LogP contribution in [0.15, 0.2) is 85.2 Å². The first kappa shape index (κ1) is 105. The molecule has 2 aromatic heterocycles. The van der Waals surface area contributed by atoms with Crippen molar-refractivity contribution < 1.29 is 86.6 Å². The number of aromatic nitrogens is 2. The summed E-state index contributed by atoms with van der Waals surface area (Å²) in [5, 5.41) is 35.0. The zero-order valence-electron chi connectivity index (χ0n) is 76.2. The number of aliphatic hydroxyl groups excluding tert-OH is 1. The van der Waals surface area contributed by atoms with Crippen molar-refractivity contribution in [2.75, 3.05) is 85.6 Å². The molecule has 39 nitrogen and oxygen atoms in total. The van der Waals surface area contributed by atoms with E-state index >= 15 is 33.6 Å². The van der Waals surface area contributed by atoms with Gasteiger partial charge in [-0.1, -0.05) is 88.1 Å². The summed E-state index contributed by atoms with van der Waals surface area (Å²) in [6.45, 7) is 4.15. The van der Waals surface area contributed by atoms with Crippen LogP contribution in [0.1, 0.15) is 159 Å². The number of nitrogens with two attached hydrogens (primary N) is 6. The molecule has 0 bridgehead atoms. The molecule has 40 heteroatoms. The molecule has 0 saturated carbocycles. The van der Waals surface area contributed by atoms with E-state index in [0.29, 0.717) is 82.8 Å². The molecule has 3 aliphatic rings. The molecule has 0 aliphatic carbocycles. The molecule has 5 aromatic rings. The molecule has 8 rings (SSSR count). The summed E-state index contributed by atoms with van der Waals surface area (Å²) in [5.41, 5.74) is 39.2. The molecule has 3 saturated heterocycles. The summed E-state index contributed by atoms with van der Waals surface area (Å²) in [4.78, 5) is 249. The van der Waals surface area contributed by atoms with E-state index < -0.39 is 223 Å². The number of ketones is 2. The van der Waals surface area contributed by atoms with E-state index in [1.807, 2.05) is 44.2 Å². The fraction of sp³-hybridized carbons (Fsp3) is 0.582. The number of Topliss-reactive ketones (excluding diaryl/α,β-unsaturated/α-hetero) is 2. The number of unbranched alkanes of at least 4 members (excludes halogenated alkanes) is 3. The van der Waals surface area contributed by atoms with Gasteiger partial charge >= 0.3 is 0 Å². The number of fused-ring (bicyclic) bond motifs is 4. The average molecular weight is 1840 g/mol. The van der Waals surface area contributed by atoms with Gasteiger partial charge in [0, 0.05) is 132 Å². The number of nitrogens with one attached hydrogen (secondary N) is 10. The summed E-state index contributed by atoms with van der Waals surface area (Å²) in [6.07, 6.45) is 2.54. The summed E-state index contributed by atoms with van der Waals surface area (Å²) in [5.74, 6) is -14.1. The Morgan fingerprint density at radius 2 is 1.03 bits per heavy atom. The van der Waals surface area contributed by atoms with Crippen molar-refractivity contribution in [3.8, 4) is 5.75 Å². The molecule has 14 amide bonds. The van der Waals surface area contributed by atoms with Gasteiger partial charge in [0.15, 0.2) is 11.6 Å². The van der Waals surface area contributed by atoms with Crippen molar-refractivity contribution >= 4 is 128 Å². The second-order valence-electron chi connectivity index (χ2n) is 34.1. The number of H-pyrrole nitrogens is 2. The fourth-order valence-electron chi connectivity index (χ4n) is 16.9. The first-order valence-corrected chi connectivity index (χ1v) is 46.6. The van der Waals surface area contributed by atoms with Crippen molar-refractivity contribution in [2.45, 2.75) is 247 Å². The third-order valence-electron chi connectivity index (χ3n) is 24.6. The molecule has 0 radical (unpaired) electrons. The van der Waals surface area contributed by atoms with E-state index in [0.717, 1.165) is 21.6 Å². The first-order valence-electron chi connectivity index (χ1n) is 45.4. The monoisotopic (exact) mass is 1840 g/mol. The molecule has 131 heavy (non-hydrogen) atoms. The molecular formula is C91H135N21O18S.